The highest BCUT2D eigenvalue weighted by molar-refractivity contribution is 6.28. The van der Waals surface area contributed by atoms with Gasteiger partial charge in [-0.3, -0.25) is 0 Å². The van der Waals surface area contributed by atoms with E-state index in [1.165, 1.54) is 60.5 Å². The Labute approximate surface area is 392 Å². The van der Waals surface area contributed by atoms with Crippen molar-refractivity contribution in [2.24, 2.45) is 0 Å². The number of fused-ring (bicyclic) bond motifs is 12. The first kappa shape index (κ1) is 38.1. The molecule has 10 aromatic carbocycles. The van der Waals surface area contributed by atoms with Gasteiger partial charge in [-0.15, -0.1) is 0 Å². The topological polar surface area (TPSA) is 48.5 Å². The van der Waals surface area contributed by atoms with E-state index in [0.717, 1.165) is 55.7 Å². The summed E-state index contributed by atoms with van der Waals surface area (Å²) in [6.45, 7) is 0. The lowest BCUT2D eigenvalue weighted by atomic mass is 9.91. The molecule has 68 heavy (non-hydrogen) atoms. The maximum Gasteiger partial charge on any atom is 0.164 e. The molecule has 0 amide bonds. The third kappa shape index (κ3) is 5.93. The van der Waals surface area contributed by atoms with Crippen LogP contribution in [0, 0.1) is 0 Å². The molecule has 1 aliphatic rings. The molecular formula is C63H39N5. The minimum Gasteiger partial charge on any atom is -0.309 e. The van der Waals surface area contributed by atoms with Crippen LogP contribution in [0.1, 0.15) is 0 Å². The SMILES string of the molecule is c1ccc(-c2cc(-c3ccccc3)cc(-c3nc(-c4ccccc4)nc(-c4ccc(-n5c6ccccc6c6c7c8c(cc65)c5ccccc5n8-c5ccccc5-c5ccccc5-7)cc4)n3)c2)cc1. The third-order valence-electron chi connectivity index (χ3n) is 13.7. The molecule has 5 nitrogen and oxygen atoms in total. The van der Waals surface area contributed by atoms with Gasteiger partial charge in [-0.05, 0) is 100 Å². The van der Waals surface area contributed by atoms with Crippen molar-refractivity contribution in [3.8, 4) is 90.0 Å². The molecule has 0 aliphatic carbocycles. The van der Waals surface area contributed by atoms with Crippen LogP contribution in [0.5, 0.6) is 0 Å². The second kappa shape index (κ2) is 15.2. The van der Waals surface area contributed by atoms with E-state index in [1.54, 1.807) is 0 Å². The Bertz CT molecular complexity index is 4060. The summed E-state index contributed by atoms with van der Waals surface area (Å²) in [5, 5.41) is 4.91. The fourth-order valence-electron chi connectivity index (χ4n) is 10.7. The molecule has 3 aromatic heterocycles. The number of benzene rings is 10. The van der Waals surface area contributed by atoms with Crippen LogP contribution in [0.25, 0.3) is 134 Å². The summed E-state index contributed by atoms with van der Waals surface area (Å²) in [4.78, 5) is 15.6. The van der Waals surface area contributed by atoms with Crippen LogP contribution in [0.3, 0.4) is 0 Å². The average Bonchev–Trinajstić information content (AvgIpc) is 3.89. The lowest BCUT2D eigenvalue weighted by Crippen LogP contribution is -2.01. The highest BCUT2D eigenvalue weighted by Gasteiger charge is 2.29. The lowest BCUT2D eigenvalue weighted by Gasteiger charge is -2.13. The summed E-state index contributed by atoms with van der Waals surface area (Å²) in [5.41, 5.74) is 19.2. The molecule has 14 rings (SSSR count). The van der Waals surface area contributed by atoms with Crippen molar-refractivity contribution in [2.75, 3.05) is 0 Å². The zero-order chi connectivity index (χ0) is 44.7. The molecule has 5 heteroatoms. The molecule has 0 saturated carbocycles. The van der Waals surface area contributed by atoms with Crippen LogP contribution in [0.2, 0.25) is 0 Å². The summed E-state index contributed by atoms with van der Waals surface area (Å²) in [6.07, 6.45) is 0. The van der Waals surface area contributed by atoms with Gasteiger partial charge in [0.25, 0.3) is 0 Å². The molecule has 0 fully saturated rings. The molecule has 0 saturated heterocycles. The van der Waals surface area contributed by atoms with E-state index < -0.39 is 0 Å². The molecule has 0 N–H and O–H groups in total. The molecule has 0 spiro atoms. The van der Waals surface area contributed by atoms with Gasteiger partial charge < -0.3 is 9.13 Å². The monoisotopic (exact) mass is 865 g/mol. The van der Waals surface area contributed by atoms with Gasteiger partial charge in [0, 0.05) is 55.0 Å². The van der Waals surface area contributed by atoms with E-state index in [9.17, 15) is 0 Å². The third-order valence-corrected chi connectivity index (χ3v) is 13.7. The summed E-state index contributed by atoms with van der Waals surface area (Å²) in [7, 11) is 0. The van der Waals surface area contributed by atoms with E-state index in [-0.39, 0.29) is 0 Å². The number of rotatable bonds is 6. The predicted molar refractivity (Wildman–Crippen MR) is 280 cm³/mol. The molecule has 13 aromatic rings. The smallest absolute Gasteiger partial charge is 0.164 e. The molecule has 0 atom stereocenters. The highest BCUT2D eigenvalue weighted by Crippen LogP contribution is 2.51. The van der Waals surface area contributed by atoms with Gasteiger partial charge in [0.05, 0.1) is 27.8 Å². The zero-order valence-electron chi connectivity index (χ0n) is 36.8. The Morgan fingerprint density at radius 1 is 0.279 bits per heavy atom. The number of nitrogens with zero attached hydrogens (tertiary/aromatic N) is 5. The molecular weight excluding hydrogens is 827 g/mol. The van der Waals surface area contributed by atoms with Crippen molar-refractivity contribution in [1.82, 2.24) is 24.1 Å². The first-order valence-corrected chi connectivity index (χ1v) is 23.1. The summed E-state index contributed by atoms with van der Waals surface area (Å²) in [5.74, 6) is 1.85. The molecule has 0 bridgehead atoms. The van der Waals surface area contributed by atoms with Crippen molar-refractivity contribution in [3.63, 3.8) is 0 Å². The van der Waals surface area contributed by atoms with Crippen LogP contribution < -0.4 is 0 Å². The number of hydrogen-bond acceptors (Lipinski definition) is 3. The first-order valence-electron chi connectivity index (χ1n) is 23.1. The van der Waals surface area contributed by atoms with E-state index >= 15 is 0 Å². The molecule has 1 aliphatic heterocycles. The van der Waals surface area contributed by atoms with Gasteiger partial charge in [0.1, 0.15) is 0 Å². The Morgan fingerprint density at radius 3 is 1.40 bits per heavy atom. The van der Waals surface area contributed by atoms with Crippen molar-refractivity contribution in [1.29, 1.82) is 0 Å². The lowest BCUT2D eigenvalue weighted by molar-refractivity contribution is 1.07. The molecule has 0 radical (unpaired) electrons. The Kier molecular flexibility index (Phi) is 8.52. The number of aromatic nitrogens is 5. The summed E-state index contributed by atoms with van der Waals surface area (Å²) < 4.78 is 4.94. The Balaban J connectivity index is 0.976. The second-order valence-corrected chi connectivity index (χ2v) is 17.6. The minimum absolute atomic E-state index is 0.611. The Morgan fingerprint density at radius 2 is 0.750 bits per heavy atom. The van der Waals surface area contributed by atoms with Crippen LogP contribution >= 0.6 is 0 Å². The van der Waals surface area contributed by atoms with E-state index in [1.807, 2.05) is 18.2 Å². The average molecular weight is 866 g/mol. The quantitative estimate of drug-likeness (QED) is 0.167. The van der Waals surface area contributed by atoms with E-state index in [2.05, 4.69) is 228 Å². The number of hydrogen-bond donors (Lipinski definition) is 0. The van der Waals surface area contributed by atoms with Gasteiger partial charge in [0.15, 0.2) is 17.5 Å². The molecule has 0 unspecified atom stereocenters. The second-order valence-electron chi connectivity index (χ2n) is 17.6. The van der Waals surface area contributed by atoms with E-state index in [0.29, 0.717) is 17.5 Å². The normalized spacial score (nSPS) is 11.8. The largest absolute Gasteiger partial charge is 0.309 e. The zero-order valence-corrected chi connectivity index (χ0v) is 36.8. The first-order chi connectivity index (χ1) is 33.7. The summed E-state index contributed by atoms with van der Waals surface area (Å²) in [6, 6.07) is 84.5. The Hall–Kier alpha value is -9.19. The summed E-state index contributed by atoms with van der Waals surface area (Å²) >= 11 is 0. The van der Waals surface area contributed by atoms with Crippen LogP contribution in [0.15, 0.2) is 237 Å². The van der Waals surface area contributed by atoms with Crippen LogP contribution in [-0.4, -0.2) is 24.1 Å². The standard InChI is InChI=1S/C63H39N5/c1-4-18-40(19-5-1)44-36-45(41-20-6-2-7-21-41)38-46(37-44)63-65-61(42-22-8-3-9-23-42)64-62(66-63)43-32-34-47(35-33-43)67-56-31-17-14-28-52(56)58-57(67)39-53-50-26-13-16-30-55(50)68-54-29-15-12-25-49(54)48-24-10-11-27-51(48)59(58)60(53)68/h1-39H. The molecule has 4 heterocycles. The van der Waals surface area contributed by atoms with Gasteiger partial charge >= 0.3 is 0 Å². The van der Waals surface area contributed by atoms with Crippen LogP contribution in [0.4, 0.5) is 0 Å². The van der Waals surface area contributed by atoms with Gasteiger partial charge in [0.2, 0.25) is 0 Å². The van der Waals surface area contributed by atoms with Gasteiger partial charge in [-0.25, -0.2) is 15.0 Å². The molecule has 316 valence electrons. The fraction of sp³-hybridized carbons (Fsp3) is 0. The van der Waals surface area contributed by atoms with Crippen molar-refractivity contribution >= 4 is 43.6 Å². The minimum atomic E-state index is 0.611. The number of para-hydroxylation sites is 3. The maximum absolute atomic E-state index is 5.27. The van der Waals surface area contributed by atoms with Crippen LogP contribution in [-0.2, 0) is 0 Å². The van der Waals surface area contributed by atoms with Crippen molar-refractivity contribution in [3.05, 3.63) is 237 Å². The van der Waals surface area contributed by atoms with E-state index in [4.69, 9.17) is 15.0 Å². The maximum atomic E-state index is 5.27. The van der Waals surface area contributed by atoms with Gasteiger partial charge in [-0.1, -0.05) is 170 Å². The van der Waals surface area contributed by atoms with Gasteiger partial charge in [-0.2, -0.15) is 0 Å². The fourth-order valence-corrected chi connectivity index (χ4v) is 10.7. The highest BCUT2D eigenvalue weighted by atomic mass is 15.0. The predicted octanol–water partition coefficient (Wildman–Crippen LogP) is 16.0. The van der Waals surface area contributed by atoms with Crippen molar-refractivity contribution in [2.45, 2.75) is 0 Å². The van der Waals surface area contributed by atoms with Crippen molar-refractivity contribution < 1.29 is 0 Å².